The first-order chi connectivity index (χ1) is 9.65. The number of anilines is 1. The van der Waals surface area contributed by atoms with Crippen LogP contribution in [0.2, 0.25) is 0 Å². The third-order valence-corrected chi connectivity index (χ3v) is 3.78. The van der Waals surface area contributed by atoms with E-state index in [0.29, 0.717) is 6.04 Å². The summed E-state index contributed by atoms with van der Waals surface area (Å²) in [5.41, 5.74) is 2.55. The lowest BCUT2D eigenvalue weighted by atomic mass is 10.0. The van der Waals surface area contributed by atoms with Gasteiger partial charge in [-0.15, -0.1) is 0 Å². The van der Waals surface area contributed by atoms with Crippen molar-refractivity contribution < 1.29 is 9.84 Å². The molecule has 0 aliphatic carbocycles. The van der Waals surface area contributed by atoms with Crippen molar-refractivity contribution in [2.24, 2.45) is 0 Å². The number of nitrogens with zero attached hydrogens (tertiary/aromatic N) is 1. The van der Waals surface area contributed by atoms with Gasteiger partial charge in [0.1, 0.15) is 0 Å². The normalized spacial score (nSPS) is 24.7. The summed E-state index contributed by atoms with van der Waals surface area (Å²) in [6, 6.07) is 8.82. The molecule has 1 heterocycles. The number of aliphatic hydroxyl groups is 1. The van der Waals surface area contributed by atoms with Crippen molar-refractivity contribution in [2.75, 3.05) is 31.1 Å². The average molecular weight is 278 g/mol. The third-order valence-electron chi connectivity index (χ3n) is 3.78. The zero-order valence-corrected chi connectivity index (χ0v) is 12.7. The monoisotopic (exact) mass is 278 g/mol. The summed E-state index contributed by atoms with van der Waals surface area (Å²) in [6.07, 6.45) is 0.0460. The Morgan fingerprint density at radius 3 is 2.85 bits per heavy atom. The van der Waals surface area contributed by atoms with Gasteiger partial charge in [0.2, 0.25) is 0 Å². The number of ether oxygens (including phenoxy) is 1. The van der Waals surface area contributed by atoms with E-state index in [9.17, 15) is 5.11 Å². The van der Waals surface area contributed by atoms with Crippen LogP contribution < -0.4 is 10.2 Å². The molecular weight excluding hydrogens is 252 g/mol. The van der Waals surface area contributed by atoms with Gasteiger partial charge in [-0.05, 0) is 32.0 Å². The van der Waals surface area contributed by atoms with Crippen LogP contribution in [0.5, 0.6) is 0 Å². The molecule has 0 bridgehead atoms. The first-order valence-corrected chi connectivity index (χ1v) is 7.49. The molecule has 2 rings (SSSR count). The maximum Gasteiger partial charge on any atom is 0.0984 e. The second-order valence-corrected chi connectivity index (χ2v) is 5.49. The molecule has 1 fully saturated rings. The Hall–Kier alpha value is -1.10. The van der Waals surface area contributed by atoms with Crippen molar-refractivity contribution in [2.45, 2.75) is 39.0 Å². The van der Waals surface area contributed by atoms with Gasteiger partial charge in [-0.25, -0.2) is 0 Å². The molecule has 2 N–H and O–H groups in total. The minimum absolute atomic E-state index is 0.0752. The number of rotatable bonds is 5. The summed E-state index contributed by atoms with van der Waals surface area (Å²) < 4.78 is 5.73. The zero-order valence-electron chi connectivity index (χ0n) is 12.7. The first-order valence-electron chi connectivity index (χ1n) is 7.49. The fourth-order valence-electron chi connectivity index (χ4n) is 2.90. The van der Waals surface area contributed by atoms with Crippen LogP contribution in [0.1, 0.15) is 32.4 Å². The van der Waals surface area contributed by atoms with E-state index in [4.69, 9.17) is 4.74 Å². The Morgan fingerprint density at radius 2 is 2.15 bits per heavy atom. The highest BCUT2D eigenvalue weighted by Crippen LogP contribution is 2.28. The SMILES string of the molecule is CCNC(C)c1ccccc1N1CC(C)OC(CO)C1. The number of hydrogen-bond acceptors (Lipinski definition) is 4. The molecule has 0 spiro atoms. The molecule has 20 heavy (non-hydrogen) atoms. The molecule has 1 aliphatic heterocycles. The van der Waals surface area contributed by atoms with Crippen LogP contribution in [-0.4, -0.2) is 43.6 Å². The zero-order chi connectivity index (χ0) is 14.5. The highest BCUT2D eigenvalue weighted by atomic mass is 16.5. The predicted octanol–water partition coefficient (Wildman–Crippen LogP) is 1.94. The molecule has 3 atom stereocenters. The van der Waals surface area contributed by atoms with Crippen LogP contribution in [-0.2, 0) is 4.74 Å². The predicted molar refractivity (Wildman–Crippen MR) is 82.2 cm³/mol. The third kappa shape index (κ3) is 3.51. The highest BCUT2D eigenvalue weighted by Gasteiger charge is 2.26. The van der Waals surface area contributed by atoms with Crippen LogP contribution in [0.25, 0.3) is 0 Å². The molecule has 0 aromatic heterocycles. The summed E-state index contributed by atoms with van der Waals surface area (Å²) in [7, 11) is 0. The van der Waals surface area contributed by atoms with Gasteiger partial charge in [-0.2, -0.15) is 0 Å². The van der Waals surface area contributed by atoms with Crippen molar-refractivity contribution >= 4 is 5.69 Å². The number of para-hydroxylation sites is 1. The first kappa shape index (κ1) is 15.3. The molecule has 112 valence electrons. The molecule has 3 unspecified atom stereocenters. The van der Waals surface area contributed by atoms with Crippen LogP contribution in [0.4, 0.5) is 5.69 Å². The van der Waals surface area contributed by atoms with E-state index in [0.717, 1.165) is 19.6 Å². The summed E-state index contributed by atoms with van der Waals surface area (Å²) >= 11 is 0. The van der Waals surface area contributed by atoms with Crippen LogP contribution >= 0.6 is 0 Å². The largest absolute Gasteiger partial charge is 0.394 e. The van der Waals surface area contributed by atoms with Gasteiger partial charge in [0.25, 0.3) is 0 Å². The van der Waals surface area contributed by atoms with E-state index in [-0.39, 0.29) is 18.8 Å². The molecule has 0 saturated carbocycles. The number of benzene rings is 1. The van der Waals surface area contributed by atoms with Gasteiger partial charge in [0.05, 0.1) is 18.8 Å². The van der Waals surface area contributed by atoms with Crippen LogP contribution in [0.15, 0.2) is 24.3 Å². The van der Waals surface area contributed by atoms with Crippen molar-refractivity contribution in [3.63, 3.8) is 0 Å². The molecule has 4 heteroatoms. The molecule has 1 aromatic carbocycles. The Labute approximate surface area is 121 Å². The Morgan fingerprint density at radius 1 is 1.40 bits per heavy atom. The van der Waals surface area contributed by atoms with E-state index < -0.39 is 0 Å². The lowest BCUT2D eigenvalue weighted by Crippen LogP contribution is -2.48. The number of aliphatic hydroxyl groups excluding tert-OH is 1. The smallest absolute Gasteiger partial charge is 0.0984 e. The Kier molecular flexibility index (Phi) is 5.40. The van der Waals surface area contributed by atoms with E-state index in [2.05, 4.69) is 55.3 Å². The molecule has 1 aliphatic rings. The van der Waals surface area contributed by atoms with Crippen molar-refractivity contribution in [1.82, 2.24) is 5.32 Å². The van der Waals surface area contributed by atoms with Gasteiger partial charge in [-0.1, -0.05) is 25.1 Å². The minimum atomic E-state index is -0.0961. The summed E-state index contributed by atoms with van der Waals surface area (Å²) in [5.74, 6) is 0. The second-order valence-electron chi connectivity index (χ2n) is 5.49. The molecule has 1 aromatic rings. The van der Waals surface area contributed by atoms with Crippen molar-refractivity contribution in [1.29, 1.82) is 0 Å². The minimum Gasteiger partial charge on any atom is -0.394 e. The van der Waals surface area contributed by atoms with Gasteiger partial charge in [-0.3, -0.25) is 0 Å². The fourth-order valence-corrected chi connectivity index (χ4v) is 2.90. The quantitative estimate of drug-likeness (QED) is 0.864. The fraction of sp³-hybridized carbons (Fsp3) is 0.625. The Bertz CT molecular complexity index is 425. The van der Waals surface area contributed by atoms with Gasteiger partial charge in [0, 0.05) is 24.8 Å². The van der Waals surface area contributed by atoms with Gasteiger partial charge in [0.15, 0.2) is 0 Å². The molecule has 0 amide bonds. The standard InChI is InChI=1S/C16H26N2O2/c1-4-17-13(3)15-7-5-6-8-16(15)18-9-12(2)20-14(10-18)11-19/h5-8,12-14,17,19H,4,9-11H2,1-3H3. The van der Waals surface area contributed by atoms with E-state index >= 15 is 0 Å². The lowest BCUT2D eigenvalue weighted by molar-refractivity contribution is -0.0421. The molecule has 1 saturated heterocycles. The lowest BCUT2D eigenvalue weighted by Gasteiger charge is -2.39. The average Bonchev–Trinajstić information content (AvgIpc) is 2.46. The van der Waals surface area contributed by atoms with Crippen molar-refractivity contribution in [3.05, 3.63) is 29.8 Å². The van der Waals surface area contributed by atoms with E-state index in [1.54, 1.807) is 0 Å². The summed E-state index contributed by atoms with van der Waals surface area (Å²) in [5, 5.41) is 12.8. The number of morpholine rings is 1. The topological polar surface area (TPSA) is 44.7 Å². The van der Waals surface area contributed by atoms with E-state index in [1.807, 2.05) is 0 Å². The number of hydrogen-bond donors (Lipinski definition) is 2. The summed E-state index contributed by atoms with van der Waals surface area (Å²) in [6.45, 7) is 9.02. The number of nitrogens with one attached hydrogen (secondary N) is 1. The molecule has 4 nitrogen and oxygen atoms in total. The van der Waals surface area contributed by atoms with Gasteiger partial charge < -0.3 is 20.1 Å². The maximum atomic E-state index is 9.37. The molecule has 0 radical (unpaired) electrons. The van der Waals surface area contributed by atoms with Crippen LogP contribution in [0.3, 0.4) is 0 Å². The van der Waals surface area contributed by atoms with Gasteiger partial charge >= 0.3 is 0 Å². The maximum absolute atomic E-state index is 9.37. The summed E-state index contributed by atoms with van der Waals surface area (Å²) in [4.78, 5) is 2.33. The van der Waals surface area contributed by atoms with Crippen LogP contribution in [0, 0.1) is 0 Å². The van der Waals surface area contributed by atoms with E-state index in [1.165, 1.54) is 11.3 Å². The molecular formula is C16H26N2O2. The second kappa shape index (κ2) is 7.07. The Balaban J connectivity index is 2.22. The highest BCUT2D eigenvalue weighted by molar-refractivity contribution is 5.55. The van der Waals surface area contributed by atoms with Crippen molar-refractivity contribution in [3.8, 4) is 0 Å².